The van der Waals surface area contributed by atoms with Crippen molar-refractivity contribution < 1.29 is 9.53 Å². The summed E-state index contributed by atoms with van der Waals surface area (Å²) < 4.78 is 5.32. The molecule has 0 aromatic heterocycles. The molecule has 1 N–H and O–H groups in total. The number of nitrogens with one attached hydrogen (secondary N) is 1. The summed E-state index contributed by atoms with van der Waals surface area (Å²) in [5.74, 6) is 0.259. The Hall–Kier alpha value is -0.610. The third-order valence-corrected chi connectivity index (χ3v) is 4.62. The van der Waals surface area contributed by atoms with Crippen LogP contribution in [0.4, 0.5) is 0 Å². The molecular formula is C17H34N2O2. The lowest BCUT2D eigenvalue weighted by atomic mass is 9.84. The van der Waals surface area contributed by atoms with Crippen LogP contribution in [0.25, 0.3) is 0 Å². The van der Waals surface area contributed by atoms with Gasteiger partial charge in [-0.25, -0.2) is 0 Å². The number of morpholine rings is 1. The van der Waals surface area contributed by atoms with E-state index in [2.05, 4.69) is 33.0 Å². The summed E-state index contributed by atoms with van der Waals surface area (Å²) in [7, 11) is 0. The van der Waals surface area contributed by atoms with Gasteiger partial charge in [0, 0.05) is 13.1 Å². The van der Waals surface area contributed by atoms with Crippen LogP contribution in [0.3, 0.4) is 0 Å². The number of unbranched alkanes of at least 4 members (excludes halogenated alkanes) is 1. The summed E-state index contributed by atoms with van der Waals surface area (Å²) in [6, 6.07) is -0.0159. The maximum Gasteiger partial charge on any atom is 0.239 e. The molecule has 0 spiro atoms. The molecule has 0 aromatic carbocycles. The van der Waals surface area contributed by atoms with Crippen molar-refractivity contribution in [3.8, 4) is 0 Å². The molecule has 0 bridgehead atoms. The minimum Gasteiger partial charge on any atom is -0.378 e. The van der Waals surface area contributed by atoms with E-state index >= 15 is 0 Å². The van der Waals surface area contributed by atoms with Gasteiger partial charge in [-0.1, -0.05) is 47.0 Å². The number of carbonyl (C=O) groups excluding carboxylic acids is 1. The Kier molecular flexibility index (Phi) is 8.27. The molecule has 1 saturated heterocycles. The van der Waals surface area contributed by atoms with Crippen molar-refractivity contribution in [2.45, 2.75) is 65.8 Å². The summed E-state index contributed by atoms with van der Waals surface area (Å²) >= 11 is 0. The van der Waals surface area contributed by atoms with E-state index in [1.165, 1.54) is 19.3 Å². The molecule has 1 aliphatic heterocycles. The normalized spacial score (nSPS) is 17.8. The first-order valence-electron chi connectivity index (χ1n) is 8.60. The van der Waals surface area contributed by atoms with Crippen molar-refractivity contribution in [1.82, 2.24) is 10.2 Å². The summed E-state index contributed by atoms with van der Waals surface area (Å²) in [5, 5.41) is 3.36. The summed E-state index contributed by atoms with van der Waals surface area (Å²) in [6.45, 7) is 12.7. The van der Waals surface area contributed by atoms with Gasteiger partial charge in [-0.3, -0.25) is 4.79 Å². The Labute approximate surface area is 130 Å². The first kappa shape index (κ1) is 18.4. The van der Waals surface area contributed by atoms with E-state index in [0.717, 1.165) is 32.5 Å². The first-order chi connectivity index (χ1) is 10.00. The highest BCUT2D eigenvalue weighted by Gasteiger charge is 2.25. The average Bonchev–Trinajstić information content (AvgIpc) is 2.50. The lowest BCUT2D eigenvalue weighted by molar-refractivity contribution is -0.137. The molecule has 4 heteroatoms. The minimum atomic E-state index is -0.0159. The highest BCUT2D eigenvalue weighted by Crippen LogP contribution is 2.27. The van der Waals surface area contributed by atoms with E-state index in [0.29, 0.717) is 18.6 Å². The molecule has 1 unspecified atom stereocenters. The number of carbonyl (C=O) groups is 1. The summed E-state index contributed by atoms with van der Waals surface area (Å²) in [4.78, 5) is 14.5. The van der Waals surface area contributed by atoms with Crippen LogP contribution in [0.5, 0.6) is 0 Å². The van der Waals surface area contributed by atoms with Crippen LogP contribution in [0.1, 0.15) is 59.8 Å². The predicted molar refractivity (Wildman–Crippen MR) is 87.4 cm³/mol. The number of ether oxygens (including phenoxy) is 1. The lowest BCUT2D eigenvalue weighted by Crippen LogP contribution is -2.50. The van der Waals surface area contributed by atoms with Gasteiger partial charge in [-0.2, -0.15) is 0 Å². The van der Waals surface area contributed by atoms with Gasteiger partial charge in [0.15, 0.2) is 0 Å². The maximum absolute atomic E-state index is 12.5. The Bertz CT molecular complexity index is 299. The third kappa shape index (κ3) is 6.79. The van der Waals surface area contributed by atoms with E-state index in [9.17, 15) is 4.79 Å². The van der Waals surface area contributed by atoms with Crippen LogP contribution in [-0.4, -0.2) is 49.7 Å². The van der Waals surface area contributed by atoms with Crippen LogP contribution in [-0.2, 0) is 9.53 Å². The van der Waals surface area contributed by atoms with Crippen molar-refractivity contribution in [1.29, 1.82) is 0 Å². The molecule has 4 nitrogen and oxygen atoms in total. The van der Waals surface area contributed by atoms with Gasteiger partial charge < -0.3 is 15.0 Å². The van der Waals surface area contributed by atoms with Gasteiger partial charge >= 0.3 is 0 Å². The predicted octanol–water partition coefficient (Wildman–Crippen LogP) is 2.82. The summed E-state index contributed by atoms with van der Waals surface area (Å²) in [6.07, 6.45) is 5.74. The van der Waals surface area contributed by atoms with E-state index in [4.69, 9.17) is 4.74 Å². The molecule has 1 amide bonds. The van der Waals surface area contributed by atoms with E-state index in [1.54, 1.807) is 0 Å². The van der Waals surface area contributed by atoms with Gasteiger partial charge in [0.05, 0.1) is 19.3 Å². The van der Waals surface area contributed by atoms with E-state index in [-0.39, 0.29) is 11.9 Å². The maximum atomic E-state index is 12.5. The quantitative estimate of drug-likeness (QED) is 0.666. The molecule has 0 radical (unpaired) electrons. The fourth-order valence-corrected chi connectivity index (χ4v) is 2.69. The van der Waals surface area contributed by atoms with Crippen LogP contribution in [0.2, 0.25) is 0 Å². The molecule has 1 rings (SSSR count). The fraction of sp³-hybridized carbons (Fsp3) is 0.941. The van der Waals surface area contributed by atoms with Crippen molar-refractivity contribution in [3.63, 3.8) is 0 Å². The zero-order valence-electron chi connectivity index (χ0n) is 14.4. The first-order valence-corrected chi connectivity index (χ1v) is 8.60. The third-order valence-electron chi connectivity index (χ3n) is 4.62. The van der Waals surface area contributed by atoms with Crippen LogP contribution < -0.4 is 5.32 Å². The van der Waals surface area contributed by atoms with Gasteiger partial charge in [-0.05, 0) is 24.8 Å². The van der Waals surface area contributed by atoms with E-state index < -0.39 is 0 Å². The second-order valence-corrected chi connectivity index (χ2v) is 6.81. The van der Waals surface area contributed by atoms with Crippen molar-refractivity contribution in [2.24, 2.45) is 5.41 Å². The molecule has 0 aromatic rings. The number of nitrogens with zero attached hydrogens (tertiary/aromatic N) is 1. The molecule has 124 valence electrons. The molecular weight excluding hydrogens is 264 g/mol. The van der Waals surface area contributed by atoms with Gasteiger partial charge in [-0.15, -0.1) is 0 Å². The zero-order chi connectivity index (χ0) is 15.7. The molecule has 1 aliphatic rings. The Morgan fingerprint density at radius 1 is 1.24 bits per heavy atom. The number of amides is 1. The number of hydrogen-bond donors (Lipinski definition) is 1. The zero-order valence-corrected chi connectivity index (χ0v) is 14.4. The number of hydrogen-bond acceptors (Lipinski definition) is 3. The fourth-order valence-electron chi connectivity index (χ4n) is 2.69. The lowest BCUT2D eigenvalue weighted by Gasteiger charge is -2.31. The number of likely N-dealkylation sites (N-methyl/N-ethyl adjacent to an activating group) is 1. The van der Waals surface area contributed by atoms with Crippen molar-refractivity contribution in [3.05, 3.63) is 0 Å². The molecule has 0 saturated carbocycles. The molecule has 1 fully saturated rings. The van der Waals surface area contributed by atoms with Crippen LogP contribution in [0.15, 0.2) is 0 Å². The molecule has 0 aliphatic carbocycles. The molecule has 21 heavy (non-hydrogen) atoms. The second kappa shape index (κ2) is 9.42. The average molecular weight is 298 g/mol. The highest BCUT2D eigenvalue weighted by atomic mass is 16.5. The Morgan fingerprint density at radius 3 is 2.48 bits per heavy atom. The monoisotopic (exact) mass is 298 g/mol. The van der Waals surface area contributed by atoms with Crippen LogP contribution >= 0.6 is 0 Å². The SMILES string of the molecule is CCNC(CCCCC(C)(C)CC)C(=O)N1CCOCC1. The van der Waals surface area contributed by atoms with Gasteiger partial charge in [0.25, 0.3) is 0 Å². The largest absolute Gasteiger partial charge is 0.378 e. The van der Waals surface area contributed by atoms with Gasteiger partial charge in [0.1, 0.15) is 0 Å². The Morgan fingerprint density at radius 2 is 1.90 bits per heavy atom. The van der Waals surface area contributed by atoms with E-state index in [1.807, 2.05) is 4.90 Å². The van der Waals surface area contributed by atoms with Crippen LogP contribution in [0, 0.1) is 5.41 Å². The van der Waals surface area contributed by atoms with Crippen molar-refractivity contribution in [2.75, 3.05) is 32.8 Å². The molecule has 1 heterocycles. The van der Waals surface area contributed by atoms with Crippen molar-refractivity contribution >= 4 is 5.91 Å². The molecule has 1 atom stereocenters. The standard InChI is InChI=1S/C17H34N2O2/c1-5-17(3,4)10-8-7-9-15(18-6-2)16(20)19-11-13-21-14-12-19/h15,18H,5-14H2,1-4H3. The Balaban J connectivity index is 2.36. The number of rotatable bonds is 9. The van der Waals surface area contributed by atoms with Gasteiger partial charge in [0.2, 0.25) is 5.91 Å². The smallest absolute Gasteiger partial charge is 0.239 e. The summed E-state index contributed by atoms with van der Waals surface area (Å²) in [5.41, 5.74) is 0.432. The topological polar surface area (TPSA) is 41.6 Å². The minimum absolute atomic E-state index is 0.0159. The highest BCUT2D eigenvalue weighted by molar-refractivity contribution is 5.82. The second-order valence-electron chi connectivity index (χ2n) is 6.81.